The average molecular weight is 363 g/mol. The summed E-state index contributed by atoms with van der Waals surface area (Å²) in [6.07, 6.45) is 11.7. The van der Waals surface area contributed by atoms with Crippen LogP contribution in [0.1, 0.15) is 79.1 Å². The van der Waals surface area contributed by atoms with E-state index in [1.54, 1.807) is 10.5 Å². The van der Waals surface area contributed by atoms with Crippen molar-refractivity contribution in [1.82, 2.24) is 0 Å². The van der Waals surface area contributed by atoms with E-state index in [1.807, 2.05) is 0 Å². The minimum atomic E-state index is -0.833. The molecule has 21 heavy (non-hydrogen) atoms. The van der Waals surface area contributed by atoms with Crippen LogP contribution in [0.25, 0.3) is 0 Å². The molecule has 0 aliphatic heterocycles. The molecular formula is C16H34GeO4. The predicted octanol–water partition coefficient (Wildman–Crippen LogP) is 4.87. The minimum absolute atomic E-state index is 0.468. The third-order valence-corrected chi connectivity index (χ3v) is 5.38. The molecule has 0 bridgehead atoms. The quantitative estimate of drug-likeness (QED) is 0.429. The van der Waals surface area contributed by atoms with Crippen LogP contribution in [0, 0.1) is 0 Å². The number of aliphatic carboxylic acids is 2. The van der Waals surface area contributed by atoms with Crippen molar-refractivity contribution in [1.29, 1.82) is 0 Å². The fraction of sp³-hybridized carbons (Fsp3) is 0.875. The fourth-order valence-electron chi connectivity index (χ4n) is 1.48. The van der Waals surface area contributed by atoms with Crippen LogP contribution >= 0.6 is 0 Å². The summed E-state index contributed by atoms with van der Waals surface area (Å²) >= 11 is 0.468. The molecule has 126 valence electrons. The van der Waals surface area contributed by atoms with E-state index < -0.39 is 11.9 Å². The van der Waals surface area contributed by atoms with Crippen molar-refractivity contribution in [2.24, 2.45) is 0 Å². The van der Waals surface area contributed by atoms with E-state index in [4.69, 9.17) is 19.8 Å². The molecule has 0 unspecified atom stereocenters. The van der Waals surface area contributed by atoms with E-state index >= 15 is 0 Å². The Labute approximate surface area is 137 Å². The van der Waals surface area contributed by atoms with E-state index in [2.05, 4.69) is 13.8 Å². The molecule has 0 amide bonds. The molecule has 0 saturated heterocycles. The van der Waals surface area contributed by atoms with Gasteiger partial charge in [-0.1, -0.05) is 0 Å². The summed E-state index contributed by atoms with van der Waals surface area (Å²) in [7, 11) is 0. The van der Waals surface area contributed by atoms with Crippen LogP contribution in [0.5, 0.6) is 0 Å². The maximum atomic E-state index is 9.00. The molecule has 4 nitrogen and oxygen atoms in total. The third-order valence-electron chi connectivity index (χ3n) is 2.41. The Balaban J connectivity index is -0.000000334. The Bertz CT molecular complexity index is 190. The number of carboxylic acids is 2. The zero-order valence-corrected chi connectivity index (χ0v) is 16.4. The van der Waals surface area contributed by atoms with Gasteiger partial charge in [0.25, 0.3) is 11.9 Å². The zero-order valence-electron chi connectivity index (χ0n) is 14.3. The van der Waals surface area contributed by atoms with Crippen LogP contribution in [0.15, 0.2) is 0 Å². The molecule has 0 heterocycles. The second-order valence-corrected chi connectivity index (χ2v) is 8.06. The first-order chi connectivity index (χ1) is 9.88. The van der Waals surface area contributed by atoms with Crippen molar-refractivity contribution in [3.8, 4) is 0 Å². The molecule has 0 aromatic rings. The van der Waals surface area contributed by atoms with Gasteiger partial charge in [0.05, 0.1) is 0 Å². The van der Waals surface area contributed by atoms with E-state index in [9.17, 15) is 0 Å². The molecule has 0 aliphatic carbocycles. The van der Waals surface area contributed by atoms with E-state index in [-0.39, 0.29) is 0 Å². The van der Waals surface area contributed by atoms with E-state index in [1.165, 1.54) is 51.4 Å². The van der Waals surface area contributed by atoms with Crippen LogP contribution in [0.2, 0.25) is 10.5 Å². The van der Waals surface area contributed by atoms with Gasteiger partial charge in [-0.25, -0.2) is 0 Å². The second kappa shape index (κ2) is 24.5. The van der Waals surface area contributed by atoms with Crippen molar-refractivity contribution in [3.05, 3.63) is 0 Å². The van der Waals surface area contributed by atoms with Gasteiger partial charge >= 0.3 is 91.2 Å². The molecule has 0 fully saturated rings. The SMILES string of the molecule is CC(=O)O.CC(=O)O.CCCCC[CH2][Ge][CH2]CCCCC. The summed E-state index contributed by atoms with van der Waals surface area (Å²) in [6.45, 7) is 6.75. The van der Waals surface area contributed by atoms with Gasteiger partial charge in [-0.15, -0.1) is 0 Å². The molecule has 2 radical (unpaired) electrons. The van der Waals surface area contributed by atoms with Gasteiger partial charge in [-0.3, -0.25) is 9.59 Å². The topological polar surface area (TPSA) is 74.6 Å². The van der Waals surface area contributed by atoms with E-state index in [0.29, 0.717) is 15.4 Å². The number of hydrogen-bond acceptors (Lipinski definition) is 2. The molecular weight excluding hydrogens is 329 g/mol. The van der Waals surface area contributed by atoms with Crippen molar-refractivity contribution < 1.29 is 19.8 Å². The molecule has 0 rings (SSSR count). The Hall–Kier alpha value is -0.517. The Morgan fingerprint density at radius 2 is 1.00 bits per heavy atom. The standard InChI is InChI=1S/C12H26Ge.2C2H4O2/c1-3-5-7-9-11-13-12-10-8-6-4-2;2*1-2(3)4/h3-12H2,1-2H3;2*1H3,(H,3,4). The van der Waals surface area contributed by atoms with Gasteiger partial charge in [0.1, 0.15) is 0 Å². The Morgan fingerprint density at radius 3 is 1.24 bits per heavy atom. The van der Waals surface area contributed by atoms with Gasteiger partial charge < -0.3 is 10.2 Å². The van der Waals surface area contributed by atoms with E-state index in [0.717, 1.165) is 13.8 Å². The van der Waals surface area contributed by atoms with Gasteiger partial charge in [0, 0.05) is 13.8 Å². The van der Waals surface area contributed by atoms with Gasteiger partial charge in [0.2, 0.25) is 0 Å². The number of carboxylic acid groups (broad SMARTS) is 2. The van der Waals surface area contributed by atoms with Crippen LogP contribution in [-0.4, -0.2) is 37.6 Å². The summed E-state index contributed by atoms with van der Waals surface area (Å²) in [5, 5.41) is 18.0. The second-order valence-electron chi connectivity index (χ2n) is 4.91. The van der Waals surface area contributed by atoms with Crippen LogP contribution in [-0.2, 0) is 9.59 Å². The molecule has 2 N–H and O–H groups in total. The van der Waals surface area contributed by atoms with Crippen molar-refractivity contribution in [2.75, 3.05) is 0 Å². The fourth-order valence-corrected chi connectivity index (χ4v) is 4.10. The van der Waals surface area contributed by atoms with Crippen molar-refractivity contribution >= 4 is 27.4 Å². The molecule has 0 spiro atoms. The molecule has 0 aromatic carbocycles. The van der Waals surface area contributed by atoms with Crippen LogP contribution in [0.4, 0.5) is 0 Å². The Morgan fingerprint density at radius 1 is 0.714 bits per heavy atom. The molecule has 5 heteroatoms. The summed E-state index contributed by atoms with van der Waals surface area (Å²) in [6, 6.07) is 0. The Kier molecular flexibility index (Phi) is 29.7. The first kappa shape index (κ1) is 25.4. The molecule has 0 aromatic heterocycles. The summed E-state index contributed by atoms with van der Waals surface area (Å²) in [4.78, 5) is 18.0. The zero-order chi connectivity index (χ0) is 16.9. The van der Waals surface area contributed by atoms with Crippen LogP contribution < -0.4 is 0 Å². The van der Waals surface area contributed by atoms with Crippen molar-refractivity contribution in [3.63, 3.8) is 0 Å². The number of rotatable bonds is 10. The van der Waals surface area contributed by atoms with Gasteiger partial charge in [0.15, 0.2) is 0 Å². The average Bonchev–Trinajstić information content (AvgIpc) is 2.35. The first-order valence-corrected chi connectivity index (χ1v) is 10.9. The first-order valence-electron chi connectivity index (χ1n) is 7.98. The van der Waals surface area contributed by atoms with Gasteiger partial charge in [-0.05, 0) is 0 Å². The third kappa shape index (κ3) is 66.2. The molecule has 0 atom stereocenters. The summed E-state index contributed by atoms with van der Waals surface area (Å²) in [5.74, 6) is -1.67. The molecule has 0 aliphatic rings. The van der Waals surface area contributed by atoms with Crippen LogP contribution in [0.3, 0.4) is 0 Å². The predicted molar refractivity (Wildman–Crippen MR) is 90.3 cm³/mol. The number of carbonyl (C=O) groups is 2. The monoisotopic (exact) mass is 364 g/mol. The summed E-state index contributed by atoms with van der Waals surface area (Å²) in [5.41, 5.74) is 0. The molecule has 0 saturated carbocycles. The van der Waals surface area contributed by atoms with Gasteiger partial charge in [-0.2, -0.15) is 0 Å². The number of hydrogen-bond donors (Lipinski definition) is 2. The maximum absolute atomic E-state index is 9.00. The number of unbranched alkanes of at least 4 members (excludes halogenated alkanes) is 6. The normalized spacial score (nSPS) is 8.95. The summed E-state index contributed by atoms with van der Waals surface area (Å²) < 4.78 is 0. The van der Waals surface area contributed by atoms with Crippen molar-refractivity contribution in [2.45, 2.75) is 89.6 Å².